The van der Waals surface area contributed by atoms with Gasteiger partial charge in [-0.3, -0.25) is 34.3 Å². The summed E-state index contributed by atoms with van der Waals surface area (Å²) in [6.45, 7) is 3.03. The number of pyridine rings is 1. The van der Waals surface area contributed by atoms with Gasteiger partial charge in [-0.25, -0.2) is 4.98 Å². The summed E-state index contributed by atoms with van der Waals surface area (Å²) in [7, 11) is 0. The number of fused-ring (bicyclic) bond motifs is 4. The lowest BCUT2D eigenvalue weighted by molar-refractivity contribution is -0.143. The maximum absolute atomic E-state index is 15.2. The summed E-state index contributed by atoms with van der Waals surface area (Å²) >= 11 is 12.5. The van der Waals surface area contributed by atoms with Crippen molar-refractivity contribution in [2.75, 3.05) is 12.0 Å². The lowest BCUT2D eigenvalue weighted by atomic mass is 9.49. The number of hydrogen-bond donors (Lipinski definition) is 3. The number of carbonyl (C=O) groups excluding carboxylic acids is 4. The molecule has 276 valence electrons. The largest absolute Gasteiger partial charge is 0.507 e. The average molecular weight is 772 g/mol. The van der Waals surface area contributed by atoms with Gasteiger partial charge in [-0.1, -0.05) is 59.1 Å². The van der Waals surface area contributed by atoms with Gasteiger partial charge in [0.1, 0.15) is 5.75 Å². The van der Waals surface area contributed by atoms with Crippen molar-refractivity contribution in [2.24, 2.45) is 23.7 Å². The molecule has 3 aromatic rings. The number of aromatic nitrogens is 1. The Morgan fingerprint density at radius 2 is 1.66 bits per heavy atom. The number of aryl methyl sites for hydroxylation is 2. The third-order valence-corrected chi connectivity index (χ3v) is 11.6. The number of carbonyl (C=O) groups is 5. The number of benzene rings is 2. The van der Waals surface area contributed by atoms with Gasteiger partial charge >= 0.3 is 12.1 Å². The van der Waals surface area contributed by atoms with Crippen LogP contribution in [0, 0.1) is 37.5 Å². The quantitative estimate of drug-likeness (QED) is 0.188. The molecule has 6 unspecified atom stereocenters. The van der Waals surface area contributed by atoms with E-state index in [9.17, 15) is 42.6 Å². The molecule has 7 rings (SSSR count). The molecule has 3 N–H and O–H groups in total. The zero-order valence-electron chi connectivity index (χ0n) is 28.1. The predicted octanol–water partition coefficient (Wildman–Crippen LogP) is 6.19. The van der Waals surface area contributed by atoms with Crippen LogP contribution in [0.2, 0.25) is 10.0 Å². The summed E-state index contributed by atoms with van der Waals surface area (Å²) in [5.74, 6) is -8.93. The Kier molecular flexibility index (Phi) is 8.84. The van der Waals surface area contributed by atoms with Gasteiger partial charge in [-0.05, 0) is 73.1 Å². The molecular weight excluding hydrogens is 740 g/mol. The van der Waals surface area contributed by atoms with Crippen LogP contribution in [0.25, 0.3) is 0 Å². The zero-order valence-corrected chi connectivity index (χ0v) is 29.6. The van der Waals surface area contributed by atoms with E-state index in [1.165, 1.54) is 0 Å². The monoisotopic (exact) mass is 770 g/mol. The molecule has 0 radical (unpaired) electrons. The second-order valence-corrected chi connectivity index (χ2v) is 14.7. The van der Waals surface area contributed by atoms with Crippen molar-refractivity contribution in [2.45, 2.75) is 50.6 Å². The molecule has 53 heavy (non-hydrogen) atoms. The number of alkyl halides is 3. The third kappa shape index (κ3) is 5.65. The molecule has 2 aliphatic carbocycles. The number of carboxylic acid groups (broad SMARTS) is 1. The topological polar surface area (TPSA) is 157 Å². The van der Waals surface area contributed by atoms with Crippen LogP contribution in [0.5, 0.6) is 5.75 Å². The summed E-state index contributed by atoms with van der Waals surface area (Å²) in [5.41, 5.74) is 2.16. The summed E-state index contributed by atoms with van der Waals surface area (Å²) < 4.78 is 40.3. The highest BCUT2D eigenvalue weighted by molar-refractivity contribution is 6.33. The molecule has 2 saturated heterocycles. The Bertz CT molecular complexity index is 2120. The first kappa shape index (κ1) is 36.4. The minimum atomic E-state index is -4.76. The van der Waals surface area contributed by atoms with E-state index in [4.69, 9.17) is 23.2 Å². The van der Waals surface area contributed by atoms with Crippen molar-refractivity contribution >= 4 is 58.6 Å². The van der Waals surface area contributed by atoms with Crippen LogP contribution in [-0.2, 0) is 35.6 Å². The van der Waals surface area contributed by atoms with E-state index in [1.807, 2.05) is 6.08 Å². The number of carboxylic acids is 1. The Morgan fingerprint density at radius 1 is 1.00 bits per heavy atom. The zero-order chi connectivity index (χ0) is 38.3. The smallest absolute Gasteiger partial charge is 0.417 e. The molecule has 3 fully saturated rings. The second kappa shape index (κ2) is 12.9. The lowest BCUT2D eigenvalue weighted by Crippen LogP contribution is -2.53. The van der Waals surface area contributed by atoms with Crippen molar-refractivity contribution < 1.29 is 47.4 Å². The number of aliphatic carboxylic acids is 1. The lowest BCUT2D eigenvalue weighted by Gasteiger charge is -2.50. The van der Waals surface area contributed by atoms with Crippen LogP contribution in [0.1, 0.15) is 53.0 Å². The van der Waals surface area contributed by atoms with Gasteiger partial charge in [-0.15, -0.1) is 0 Å². The highest BCUT2D eigenvalue weighted by Gasteiger charge is 2.70. The van der Waals surface area contributed by atoms with E-state index in [1.54, 1.807) is 50.2 Å². The number of anilines is 1. The van der Waals surface area contributed by atoms with Crippen molar-refractivity contribution in [3.8, 4) is 5.75 Å². The minimum absolute atomic E-state index is 0.0154. The molecule has 2 aliphatic heterocycles. The maximum Gasteiger partial charge on any atom is 0.417 e. The van der Waals surface area contributed by atoms with Gasteiger partial charge < -0.3 is 10.2 Å². The Morgan fingerprint density at radius 3 is 2.26 bits per heavy atom. The van der Waals surface area contributed by atoms with Gasteiger partial charge in [-0.2, -0.15) is 18.2 Å². The molecule has 1 saturated carbocycles. The van der Waals surface area contributed by atoms with Gasteiger partial charge in [0.05, 0.1) is 40.2 Å². The number of halogens is 5. The van der Waals surface area contributed by atoms with Crippen molar-refractivity contribution in [1.29, 1.82) is 0 Å². The van der Waals surface area contributed by atoms with E-state index >= 15 is 4.79 Å². The average Bonchev–Trinajstić information content (AvgIpc) is 3.47. The molecule has 1 aromatic heterocycles. The molecular formula is C37H31Cl2F3N4O7. The molecule has 2 aromatic carbocycles. The normalized spacial score (nSPS) is 26.7. The number of nitrogens with zero attached hydrogens (tertiary/aromatic N) is 3. The van der Waals surface area contributed by atoms with Crippen molar-refractivity contribution in [3.05, 3.63) is 98.2 Å². The SMILES string of the molecule is Cc1cc(C2C3=CCC4C(=O)N(CCC(=O)O)C(=O)C4C3CC3C(=O)N(Nc4ncc(C(F)(F)F)cc4Cl)C(=O)C32c2ccc(Cl)cc2)cc(C)c1O. The van der Waals surface area contributed by atoms with Gasteiger partial charge in [0.15, 0.2) is 5.82 Å². The summed E-state index contributed by atoms with van der Waals surface area (Å²) in [4.78, 5) is 73.7. The Labute approximate surface area is 310 Å². The minimum Gasteiger partial charge on any atom is -0.507 e. The number of likely N-dealkylation sites (tertiary alicyclic amines) is 1. The number of allylic oxidation sites excluding steroid dienone is 2. The van der Waals surface area contributed by atoms with Crippen molar-refractivity contribution in [3.63, 3.8) is 0 Å². The summed E-state index contributed by atoms with van der Waals surface area (Å²) in [6, 6.07) is 10.4. The van der Waals surface area contributed by atoms with Gasteiger partial charge in [0.25, 0.3) is 11.8 Å². The van der Waals surface area contributed by atoms with E-state index in [2.05, 4.69) is 10.4 Å². The molecule has 16 heteroatoms. The Hall–Kier alpha value is -4.95. The maximum atomic E-state index is 15.2. The van der Waals surface area contributed by atoms with Crippen molar-refractivity contribution in [1.82, 2.24) is 14.9 Å². The number of rotatable bonds is 7. The summed E-state index contributed by atoms with van der Waals surface area (Å²) in [5, 5.41) is 20.6. The number of hydrazine groups is 1. The number of phenolic OH excluding ortho intramolecular Hbond substituents is 1. The summed E-state index contributed by atoms with van der Waals surface area (Å²) in [6.07, 6.45) is -2.87. The Balaban J connectivity index is 1.43. The van der Waals surface area contributed by atoms with E-state index in [0.29, 0.717) is 50.1 Å². The highest BCUT2D eigenvalue weighted by atomic mass is 35.5. The fourth-order valence-corrected chi connectivity index (χ4v) is 9.14. The third-order valence-electron chi connectivity index (χ3n) is 11.0. The molecule has 4 aliphatic rings. The molecule has 3 heterocycles. The van der Waals surface area contributed by atoms with Crippen LogP contribution in [0.3, 0.4) is 0 Å². The predicted molar refractivity (Wildman–Crippen MR) is 183 cm³/mol. The number of phenols is 1. The van der Waals surface area contributed by atoms with Crippen LogP contribution in [0.15, 0.2) is 60.3 Å². The second-order valence-electron chi connectivity index (χ2n) is 13.9. The molecule has 6 atom stereocenters. The molecule has 11 nitrogen and oxygen atoms in total. The van der Waals surface area contributed by atoms with Crippen LogP contribution >= 0.6 is 23.2 Å². The number of imide groups is 2. The molecule has 4 amide bonds. The van der Waals surface area contributed by atoms with Crippen LogP contribution in [-0.4, -0.2) is 61.2 Å². The fourth-order valence-electron chi connectivity index (χ4n) is 8.81. The first-order valence-corrected chi connectivity index (χ1v) is 17.4. The molecule has 0 bridgehead atoms. The first-order valence-electron chi connectivity index (χ1n) is 16.7. The van der Waals surface area contributed by atoms with Crippen LogP contribution in [0.4, 0.5) is 19.0 Å². The van der Waals surface area contributed by atoms with E-state index in [-0.39, 0.29) is 31.0 Å². The van der Waals surface area contributed by atoms with Gasteiger partial charge in [0, 0.05) is 23.7 Å². The number of nitrogens with one attached hydrogen (secondary N) is 1. The van der Waals surface area contributed by atoms with Gasteiger partial charge in [0.2, 0.25) is 11.8 Å². The number of amides is 4. The number of hydrogen-bond acceptors (Lipinski definition) is 8. The fraction of sp³-hybridized carbons (Fsp3) is 0.351. The highest BCUT2D eigenvalue weighted by Crippen LogP contribution is 2.64. The van der Waals surface area contributed by atoms with E-state index in [0.717, 1.165) is 4.90 Å². The van der Waals surface area contributed by atoms with E-state index < -0.39 is 87.8 Å². The number of aromatic hydroxyl groups is 1. The van der Waals surface area contributed by atoms with Crippen LogP contribution < -0.4 is 5.43 Å². The first-order chi connectivity index (χ1) is 25.0. The molecule has 0 spiro atoms. The standard InChI is InChI=1S/C37H31Cl2F3N4O7/c1-16-11-18(12-17(2)30(16)49)29-22-7-8-23-28(34(52)45(32(23)50)10-9-27(47)48)24(22)14-25-33(51)46(35(53)36(25,29)19-3-5-21(38)6-4-19)44-31-26(39)13-20(15-43-31)37(40,41)42/h3-7,11-13,15,23-25,28-29,49H,8-10,14H2,1-2H3,(H,43,44)(H,47,48).